The third-order valence-corrected chi connectivity index (χ3v) is 2.97. The Balaban J connectivity index is 3.08. The van der Waals surface area contributed by atoms with Gasteiger partial charge in [0.2, 0.25) is 0 Å². The summed E-state index contributed by atoms with van der Waals surface area (Å²) in [6, 6.07) is 2.30. The van der Waals surface area contributed by atoms with Gasteiger partial charge in [0.1, 0.15) is 5.82 Å². The molecule has 1 heterocycles. The largest absolute Gasteiger partial charge is 0.392 e. The van der Waals surface area contributed by atoms with Gasteiger partial charge in [0, 0.05) is 28.8 Å². The average molecular weight is 301 g/mol. The number of aliphatic hydroxyl groups excluding tert-OH is 1. The van der Waals surface area contributed by atoms with Crippen molar-refractivity contribution in [3.05, 3.63) is 22.3 Å². The fourth-order valence-electron chi connectivity index (χ4n) is 1.78. The van der Waals surface area contributed by atoms with Gasteiger partial charge < -0.3 is 10.0 Å². The standard InChI is InChI=1S/C13H21BrN2O/c1-9(2)7-16(10(3)4)13-11(8-17)5-12(14)6-15-13/h5-6,9-10,17H,7-8H2,1-4H3. The van der Waals surface area contributed by atoms with Crippen LogP contribution < -0.4 is 4.90 Å². The van der Waals surface area contributed by atoms with E-state index in [1.54, 1.807) is 6.20 Å². The summed E-state index contributed by atoms with van der Waals surface area (Å²) in [6.07, 6.45) is 1.78. The molecule has 0 saturated heterocycles. The maximum Gasteiger partial charge on any atom is 0.134 e. The van der Waals surface area contributed by atoms with Gasteiger partial charge in [0.25, 0.3) is 0 Å². The highest BCUT2D eigenvalue weighted by Gasteiger charge is 2.17. The Morgan fingerprint density at radius 2 is 2.00 bits per heavy atom. The lowest BCUT2D eigenvalue weighted by molar-refractivity contribution is 0.281. The third-order valence-electron chi connectivity index (χ3n) is 2.54. The van der Waals surface area contributed by atoms with Crippen LogP contribution in [-0.2, 0) is 6.61 Å². The number of nitrogens with zero attached hydrogens (tertiary/aromatic N) is 2. The maximum absolute atomic E-state index is 9.42. The molecule has 96 valence electrons. The van der Waals surface area contributed by atoms with Crippen molar-refractivity contribution in [2.24, 2.45) is 5.92 Å². The summed E-state index contributed by atoms with van der Waals surface area (Å²) in [5.41, 5.74) is 0.869. The van der Waals surface area contributed by atoms with Crippen LogP contribution in [0.5, 0.6) is 0 Å². The van der Waals surface area contributed by atoms with E-state index in [9.17, 15) is 5.11 Å². The van der Waals surface area contributed by atoms with Gasteiger partial charge in [-0.1, -0.05) is 13.8 Å². The summed E-state index contributed by atoms with van der Waals surface area (Å²) in [4.78, 5) is 6.68. The Hall–Kier alpha value is -0.610. The molecule has 1 aromatic rings. The molecule has 0 fully saturated rings. The molecule has 0 radical (unpaired) electrons. The molecular weight excluding hydrogens is 280 g/mol. The van der Waals surface area contributed by atoms with Gasteiger partial charge in [-0.05, 0) is 41.8 Å². The Labute approximate surface area is 112 Å². The number of hydrogen-bond acceptors (Lipinski definition) is 3. The van der Waals surface area contributed by atoms with Crippen molar-refractivity contribution in [2.75, 3.05) is 11.4 Å². The monoisotopic (exact) mass is 300 g/mol. The van der Waals surface area contributed by atoms with Gasteiger partial charge in [-0.3, -0.25) is 0 Å². The van der Waals surface area contributed by atoms with E-state index < -0.39 is 0 Å². The van der Waals surface area contributed by atoms with E-state index in [0.29, 0.717) is 12.0 Å². The molecule has 0 aromatic carbocycles. The molecule has 0 aliphatic heterocycles. The van der Waals surface area contributed by atoms with Gasteiger partial charge in [-0.15, -0.1) is 0 Å². The second-order valence-corrected chi connectivity index (χ2v) is 5.85. The van der Waals surface area contributed by atoms with Crippen LogP contribution >= 0.6 is 15.9 Å². The number of aromatic nitrogens is 1. The lowest BCUT2D eigenvalue weighted by Gasteiger charge is -2.31. The van der Waals surface area contributed by atoms with E-state index in [1.807, 2.05) is 6.07 Å². The van der Waals surface area contributed by atoms with Crippen molar-refractivity contribution in [3.63, 3.8) is 0 Å². The Morgan fingerprint density at radius 1 is 1.35 bits per heavy atom. The zero-order valence-corrected chi connectivity index (χ0v) is 12.5. The van der Waals surface area contributed by atoms with Crippen LogP contribution in [0.15, 0.2) is 16.7 Å². The van der Waals surface area contributed by atoms with Crippen LogP contribution in [-0.4, -0.2) is 22.7 Å². The van der Waals surface area contributed by atoms with Gasteiger partial charge in [-0.25, -0.2) is 4.98 Å². The summed E-state index contributed by atoms with van der Waals surface area (Å²) >= 11 is 3.38. The molecule has 0 spiro atoms. The average Bonchev–Trinajstić information content (AvgIpc) is 2.25. The van der Waals surface area contributed by atoms with E-state index in [1.165, 1.54) is 0 Å². The second kappa shape index (κ2) is 6.36. The zero-order valence-electron chi connectivity index (χ0n) is 10.9. The zero-order chi connectivity index (χ0) is 13.0. The molecular formula is C13H21BrN2O. The second-order valence-electron chi connectivity index (χ2n) is 4.93. The summed E-state index contributed by atoms with van der Waals surface area (Å²) < 4.78 is 0.901. The van der Waals surface area contributed by atoms with Crippen molar-refractivity contribution in [2.45, 2.75) is 40.3 Å². The molecule has 0 saturated carbocycles. The van der Waals surface area contributed by atoms with Crippen molar-refractivity contribution >= 4 is 21.7 Å². The predicted molar refractivity (Wildman–Crippen MR) is 75.2 cm³/mol. The Bertz CT molecular complexity index is 366. The normalized spacial score (nSPS) is 11.3. The van der Waals surface area contributed by atoms with E-state index in [-0.39, 0.29) is 6.61 Å². The van der Waals surface area contributed by atoms with Crippen LogP contribution in [0.4, 0.5) is 5.82 Å². The molecule has 17 heavy (non-hydrogen) atoms. The quantitative estimate of drug-likeness (QED) is 0.907. The molecule has 1 N–H and O–H groups in total. The molecule has 0 aliphatic carbocycles. The summed E-state index contributed by atoms with van der Waals surface area (Å²) in [5.74, 6) is 1.45. The molecule has 0 unspecified atom stereocenters. The van der Waals surface area contributed by atoms with Crippen molar-refractivity contribution < 1.29 is 5.11 Å². The third kappa shape index (κ3) is 3.96. The molecule has 0 atom stereocenters. The van der Waals surface area contributed by atoms with Crippen LogP contribution in [0.2, 0.25) is 0 Å². The summed E-state index contributed by atoms with van der Waals surface area (Å²) in [5, 5.41) is 9.42. The predicted octanol–water partition coefficient (Wildman–Crippen LogP) is 3.21. The van der Waals surface area contributed by atoms with Gasteiger partial charge in [-0.2, -0.15) is 0 Å². The number of rotatable bonds is 5. The molecule has 1 rings (SSSR count). The van der Waals surface area contributed by atoms with Crippen LogP contribution in [0, 0.1) is 5.92 Å². The highest BCUT2D eigenvalue weighted by Crippen LogP contribution is 2.24. The molecule has 1 aromatic heterocycles. The van der Waals surface area contributed by atoms with Crippen molar-refractivity contribution in [1.82, 2.24) is 4.98 Å². The highest BCUT2D eigenvalue weighted by atomic mass is 79.9. The summed E-state index contributed by atoms with van der Waals surface area (Å²) in [7, 11) is 0. The van der Waals surface area contributed by atoms with Gasteiger partial charge >= 0.3 is 0 Å². The first-order chi connectivity index (χ1) is 7.95. The Kier molecular flexibility index (Phi) is 5.40. The first-order valence-corrected chi connectivity index (χ1v) is 6.77. The summed E-state index contributed by atoms with van der Waals surface area (Å²) in [6.45, 7) is 9.63. The molecule has 0 aliphatic rings. The fourth-order valence-corrected chi connectivity index (χ4v) is 2.16. The SMILES string of the molecule is CC(C)CN(c1ncc(Br)cc1CO)C(C)C. The number of anilines is 1. The van der Waals surface area contributed by atoms with E-state index in [0.717, 1.165) is 22.4 Å². The molecule has 0 amide bonds. The van der Waals surface area contributed by atoms with Crippen molar-refractivity contribution in [1.29, 1.82) is 0 Å². The molecule has 3 nitrogen and oxygen atoms in total. The molecule has 0 bridgehead atoms. The number of aliphatic hydroxyl groups is 1. The highest BCUT2D eigenvalue weighted by molar-refractivity contribution is 9.10. The van der Waals surface area contributed by atoms with Crippen LogP contribution in [0.25, 0.3) is 0 Å². The maximum atomic E-state index is 9.42. The first kappa shape index (κ1) is 14.5. The topological polar surface area (TPSA) is 36.4 Å². The number of halogens is 1. The lowest BCUT2D eigenvalue weighted by atomic mass is 10.1. The van der Waals surface area contributed by atoms with E-state index in [2.05, 4.69) is 53.5 Å². The Morgan fingerprint density at radius 3 is 2.47 bits per heavy atom. The first-order valence-electron chi connectivity index (χ1n) is 5.97. The smallest absolute Gasteiger partial charge is 0.134 e. The lowest BCUT2D eigenvalue weighted by Crippen LogP contribution is -2.35. The number of pyridine rings is 1. The number of hydrogen-bond donors (Lipinski definition) is 1. The van der Waals surface area contributed by atoms with Crippen molar-refractivity contribution in [3.8, 4) is 0 Å². The van der Waals surface area contributed by atoms with Gasteiger partial charge in [0.15, 0.2) is 0 Å². The minimum atomic E-state index is 0.0170. The van der Waals surface area contributed by atoms with Crippen LogP contribution in [0.1, 0.15) is 33.3 Å². The van der Waals surface area contributed by atoms with E-state index >= 15 is 0 Å². The minimum Gasteiger partial charge on any atom is -0.392 e. The minimum absolute atomic E-state index is 0.0170. The fraction of sp³-hybridized carbons (Fsp3) is 0.615. The van der Waals surface area contributed by atoms with Crippen LogP contribution in [0.3, 0.4) is 0 Å². The van der Waals surface area contributed by atoms with Gasteiger partial charge in [0.05, 0.1) is 6.61 Å². The molecule has 4 heteroatoms. The van der Waals surface area contributed by atoms with E-state index in [4.69, 9.17) is 0 Å².